The van der Waals surface area contributed by atoms with Crippen molar-refractivity contribution in [3.63, 3.8) is 0 Å². The van der Waals surface area contributed by atoms with Crippen LogP contribution in [-0.2, 0) is 9.59 Å². The molecule has 1 saturated heterocycles. The molecule has 120 valence electrons. The number of carboxylic acids is 2. The van der Waals surface area contributed by atoms with Gasteiger partial charge in [0.1, 0.15) is 11.0 Å². The summed E-state index contributed by atoms with van der Waals surface area (Å²) < 4.78 is 0. The van der Waals surface area contributed by atoms with Crippen LogP contribution in [0.4, 0.5) is 5.82 Å². The first-order valence-electron chi connectivity index (χ1n) is 6.56. The zero-order valence-electron chi connectivity index (χ0n) is 11.8. The van der Waals surface area contributed by atoms with Crippen molar-refractivity contribution in [1.82, 2.24) is 15.3 Å². The highest BCUT2D eigenvalue weighted by atomic mass is 35.5. The average Bonchev–Trinajstić information content (AvgIpc) is 2.76. The van der Waals surface area contributed by atoms with Crippen molar-refractivity contribution in [1.29, 1.82) is 0 Å². The number of aromatic nitrogens is 2. The number of rotatable bonds is 3. The standard InChI is InChI=1S/C9H13ClN4.C4H4O4/c10-8-6-13-9(7-12-8)14-4-1-2-11-3-5-14;5-3(6)1-2-4(7)8/h6-7,11H,1-5H2;1-2H,(H,5,6)(H,7,8)/b;2-1+. The molecular weight excluding hydrogens is 312 g/mol. The molecule has 0 saturated carbocycles. The predicted octanol–water partition coefficient (Wildman–Crippen LogP) is 0.641. The molecule has 8 nitrogen and oxygen atoms in total. The second-order valence-corrected chi connectivity index (χ2v) is 4.68. The highest BCUT2D eigenvalue weighted by Crippen LogP contribution is 2.11. The number of anilines is 1. The summed E-state index contributed by atoms with van der Waals surface area (Å²) in [7, 11) is 0. The summed E-state index contributed by atoms with van der Waals surface area (Å²) in [6.07, 6.45) is 5.58. The number of carboxylic acid groups (broad SMARTS) is 2. The van der Waals surface area contributed by atoms with Crippen molar-refractivity contribution >= 4 is 29.4 Å². The first-order valence-corrected chi connectivity index (χ1v) is 6.94. The Hall–Kier alpha value is -2.19. The van der Waals surface area contributed by atoms with E-state index in [9.17, 15) is 9.59 Å². The smallest absolute Gasteiger partial charge is 0.328 e. The molecule has 2 heterocycles. The van der Waals surface area contributed by atoms with E-state index in [-0.39, 0.29) is 0 Å². The number of nitrogens with one attached hydrogen (secondary N) is 1. The molecule has 0 bridgehead atoms. The molecule has 9 heteroatoms. The molecule has 0 atom stereocenters. The van der Waals surface area contributed by atoms with Gasteiger partial charge in [0.25, 0.3) is 0 Å². The third-order valence-corrected chi connectivity index (χ3v) is 2.83. The first kappa shape index (κ1) is 17.9. The number of carbonyl (C=O) groups is 2. The fourth-order valence-corrected chi connectivity index (χ4v) is 1.78. The summed E-state index contributed by atoms with van der Waals surface area (Å²) in [6, 6.07) is 0. The van der Waals surface area contributed by atoms with E-state index in [1.54, 1.807) is 12.4 Å². The second kappa shape index (κ2) is 9.69. The Labute approximate surface area is 132 Å². The van der Waals surface area contributed by atoms with E-state index in [2.05, 4.69) is 20.2 Å². The number of nitrogens with zero attached hydrogens (tertiary/aromatic N) is 3. The topological polar surface area (TPSA) is 116 Å². The molecule has 0 aromatic carbocycles. The molecule has 1 aromatic heterocycles. The summed E-state index contributed by atoms with van der Waals surface area (Å²) in [5.41, 5.74) is 0. The number of halogens is 1. The van der Waals surface area contributed by atoms with Gasteiger partial charge in [-0.3, -0.25) is 0 Å². The average molecular weight is 329 g/mol. The van der Waals surface area contributed by atoms with Gasteiger partial charge in [0.15, 0.2) is 0 Å². The molecule has 0 amide bonds. The van der Waals surface area contributed by atoms with Crippen LogP contribution in [-0.4, -0.2) is 58.3 Å². The Morgan fingerprint density at radius 1 is 1.14 bits per heavy atom. The zero-order valence-corrected chi connectivity index (χ0v) is 12.5. The minimum absolute atomic E-state index is 0.446. The summed E-state index contributed by atoms with van der Waals surface area (Å²) in [5, 5.41) is 19.4. The van der Waals surface area contributed by atoms with E-state index in [0.29, 0.717) is 17.3 Å². The highest BCUT2D eigenvalue weighted by Gasteiger charge is 2.10. The Bertz CT molecular complexity index is 497. The molecule has 3 N–H and O–H groups in total. The molecule has 0 unspecified atom stereocenters. The van der Waals surface area contributed by atoms with Crippen LogP contribution in [0.25, 0.3) is 0 Å². The third kappa shape index (κ3) is 7.55. The molecule has 2 rings (SSSR count). The van der Waals surface area contributed by atoms with Gasteiger partial charge in [0.2, 0.25) is 0 Å². The highest BCUT2D eigenvalue weighted by molar-refractivity contribution is 6.29. The van der Waals surface area contributed by atoms with Crippen molar-refractivity contribution in [2.45, 2.75) is 6.42 Å². The van der Waals surface area contributed by atoms with Gasteiger partial charge in [-0.15, -0.1) is 0 Å². The summed E-state index contributed by atoms with van der Waals surface area (Å²) in [6.45, 7) is 4.10. The zero-order chi connectivity index (χ0) is 16.4. The van der Waals surface area contributed by atoms with E-state index in [0.717, 1.165) is 38.4 Å². The minimum Gasteiger partial charge on any atom is -0.478 e. The second-order valence-electron chi connectivity index (χ2n) is 4.30. The van der Waals surface area contributed by atoms with Crippen LogP contribution in [0.5, 0.6) is 0 Å². The fraction of sp³-hybridized carbons (Fsp3) is 0.385. The molecule has 0 aliphatic carbocycles. The van der Waals surface area contributed by atoms with Gasteiger partial charge in [0.05, 0.1) is 12.4 Å². The molecule has 0 radical (unpaired) electrons. The van der Waals surface area contributed by atoms with Crippen LogP contribution in [0.3, 0.4) is 0 Å². The fourth-order valence-electron chi connectivity index (χ4n) is 1.69. The maximum absolute atomic E-state index is 9.55. The number of aliphatic carboxylic acids is 2. The van der Waals surface area contributed by atoms with Gasteiger partial charge in [-0.25, -0.2) is 19.6 Å². The van der Waals surface area contributed by atoms with Gasteiger partial charge >= 0.3 is 11.9 Å². The van der Waals surface area contributed by atoms with Crippen molar-refractivity contribution < 1.29 is 19.8 Å². The SMILES string of the molecule is Clc1cnc(N2CCCNCC2)cn1.O=C(O)/C=C/C(=O)O. The first-order chi connectivity index (χ1) is 10.5. The maximum atomic E-state index is 9.55. The molecule has 22 heavy (non-hydrogen) atoms. The van der Waals surface area contributed by atoms with Crippen molar-refractivity contribution in [3.8, 4) is 0 Å². The van der Waals surface area contributed by atoms with E-state index in [4.69, 9.17) is 21.8 Å². The van der Waals surface area contributed by atoms with E-state index in [1.165, 1.54) is 0 Å². The molecule has 1 aliphatic heterocycles. The number of hydrogen-bond donors (Lipinski definition) is 3. The summed E-state index contributed by atoms with van der Waals surface area (Å²) in [4.78, 5) is 29.6. The molecule has 1 fully saturated rings. The van der Waals surface area contributed by atoms with Crippen LogP contribution in [0.2, 0.25) is 5.15 Å². The van der Waals surface area contributed by atoms with E-state index >= 15 is 0 Å². The lowest BCUT2D eigenvalue weighted by Gasteiger charge is -2.20. The lowest BCUT2D eigenvalue weighted by molar-refractivity contribution is -0.134. The summed E-state index contributed by atoms with van der Waals surface area (Å²) in [5.74, 6) is -1.60. The van der Waals surface area contributed by atoms with Crippen LogP contribution < -0.4 is 10.2 Å². The largest absolute Gasteiger partial charge is 0.478 e. The molecule has 0 spiro atoms. The Balaban J connectivity index is 0.000000261. The predicted molar refractivity (Wildman–Crippen MR) is 81.2 cm³/mol. The van der Waals surface area contributed by atoms with Gasteiger partial charge < -0.3 is 20.4 Å². The van der Waals surface area contributed by atoms with Crippen molar-refractivity contribution in [3.05, 3.63) is 29.7 Å². The minimum atomic E-state index is -1.26. The maximum Gasteiger partial charge on any atom is 0.328 e. The van der Waals surface area contributed by atoms with Gasteiger partial charge in [0, 0.05) is 31.8 Å². The van der Waals surface area contributed by atoms with Crippen LogP contribution >= 0.6 is 11.6 Å². The Morgan fingerprint density at radius 3 is 2.36 bits per heavy atom. The van der Waals surface area contributed by atoms with Gasteiger partial charge in [-0.05, 0) is 13.0 Å². The molecule has 1 aliphatic rings. The van der Waals surface area contributed by atoms with Gasteiger partial charge in [-0.2, -0.15) is 0 Å². The van der Waals surface area contributed by atoms with Crippen LogP contribution in [0, 0.1) is 0 Å². The van der Waals surface area contributed by atoms with Gasteiger partial charge in [-0.1, -0.05) is 11.6 Å². The lowest BCUT2D eigenvalue weighted by Crippen LogP contribution is -2.28. The third-order valence-electron chi connectivity index (χ3n) is 2.64. The van der Waals surface area contributed by atoms with E-state index < -0.39 is 11.9 Å². The van der Waals surface area contributed by atoms with Crippen molar-refractivity contribution in [2.75, 3.05) is 31.1 Å². The molecular formula is C13H17ClN4O4. The normalized spacial score (nSPS) is 14.9. The monoisotopic (exact) mass is 328 g/mol. The Morgan fingerprint density at radius 2 is 1.82 bits per heavy atom. The van der Waals surface area contributed by atoms with Crippen LogP contribution in [0.15, 0.2) is 24.5 Å². The number of hydrogen-bond acceptors (Lipinski definition) is 6. The summed E-state index contributed by atoms with van der Waals surface area (Å²) >= 11 is 5.68. The Kier molecular flexibility index (Phi) is 7.87. The quantitative estimate of drug-likeness (QED) is 0.692. The van der Waals surface area contributed by atoms with Crippen LogP contribution in [0.1, 0.15) is 6.42 Å². The molecule has 1 aromatic rings. The van der Waals surface area contributed by atoms with Crippen molar-refractivity contribution in [2.24, 2.45) is 0 Å². The lowest BCUT2D eigenvalue weighted by atomic mass is 10.4. The van der Waals surface area contributed by atoms with E-state index in [1.807, 2.05) is 0 Å².